The highest BCUT2D eigenvalue weighted by Crippen LogP contribution is 2.17. The number of aliphatic hydroxyl groups is 2. The number of nitrogens with zero attached hydrogens (tertiary/aromatic N) is 1. The van der Waals surface area contributed by atoms with E-state index in [0.717, 1.165) is 0 Å². The number of ether oxygens (including phenoxy) is 1. The van der Waals surface area contributed by atoms with Crippen molar-refractivity contribution >= 4 is 0 Å². The Hall–Kier alpha value is -1.17. The maximum absolute atomic E-state index is 13.6. The fraction of sp³-hybridized carbons (Fsp3) is 0.500. The van der Waals surface area contributed by atoms with Crippen molar-refractivity contribution < 1.29 is 19.3 Å². The number of methoxy groups -OCH3 is 1. The Morgan fingerprint density at radius 1 is 1.24 bits per heavy atom. The second-order valence-corrected chi connectivity index (χ2v) is 3.68. The molecule has 0 spiro atoms. The minimum absolute atomic E-state index is 0.0161. The maximum atomic E-state index is 13.6. The van der Waals surface area contributed by atoms with Crippen LogP contribution < -0.4 is 4.74 Å². The molecule has 4 nitrogen and oxygen atoms in total. The smallest absolute Gasteiger partial charge is 0.131 e. The largest absolute Gasteiger partial charge is 0.497 e. The van der Waals surface area contributed by atoms with Crippen LogP contribution in [0.1, 0.15) is 5.56 Å². The highest BCUT2D eigenvalue weighted by Gasteiger charge is 2.09. The molecule has 0 unspecified atom stereocenters. The van der Waals surface area contributed by atoms with Gasteiger partial charge in [-0.3, -0.25) is 4.90 Å². The van der Waals surface area contributed by atoms with E-state index in [1.54, 1.807) is 17.0 Å². The molecule has 1 aromatic carbocycles. The van der Waals surface area contributed by atoms with Crippen LogP contribution in [0.5, 0.6) is 5.75 Å². The van der Waals surface area contributed by atoms with Gasteiger partial charge in [-0.2, -0.15) is 0 Å². The summed E-state index contributed by atoms with van der Waals surface area (Å²) in [7, 11) is 1.48. The Morgan fingerprint density at radius 2 is 1.88 bits per heavy atom. The lowest BCUT2D eigenvalue weighted by molar-refractivity contribution is 0.154. The van der Waals surface area contributed by atoms with Gasteiger partial charge in [0, 0.05) is 31.3 Å². The minimum atomic E-state index is -0.342. The van der Waals surface area contributed by atoms with Gasteiger partial charge in [0.1, 0.15) is 11.6 Å². The van der Waals surface area contributed by atoms with E-state index in [4.69, 9.17) is 14.9 Å². The van der Waals surface area contributed by atoms with Crippen molar-refractivity contribution in [1.29, 1.82) is 0 Å². The fourth-order valence-electron chi connectivity index (χ4n) is 1.58. The summed E-state index contributed by atoms with van der Waals surface area (Å²) < 4.78 is 18.6. The molecule has 0 bridgehead atoms. The fourth-order valence-corrected chi connectivity index (χ4v) is 1.58. The number of rotatable bonds is 7. The third-order valence-corrected chi connectivity index (χ3v) is 2.49. The quantitative estimate of drug-likeness (QED) is 0.737. The molecule has 0 fully saturated rings. The van der Waals surface area contributed by atoms with E-state index in [2.05, 4.69) is 0 Å². The van der Waals surface area contributed by atoms with Gasteiger partial charge < -0.3 is 14.9 Å². The molecular weight excluding hydrogens is 225 g/mol. The summed E-state index contributed by atoms with van der Waals surface area (Å²) in [5, 5.41) is 17.7. The van der Waals surface area contributed by atoms with Crippen LogP contribution in [0.3, 0.4) is 0 Å². The zero-order chi connectivity index (χ0) is 12.7. The molecule has 1 rings (SSSR count). The van der Waals surface area contributed by atoms with E-state index in [0.29, 0.717) is 30.9 Å². The van der Waals surface area contributed by atoms with Crippen molar-refractivity contribution in [1.82, 2.24) is 4.90 Å². The molecule has 96 valence electrons. The highest BCUT2D eigenvalue weighted by molar-refractivity contribution is 5.28. The summed E-state index contributed by atoms with van der Waals surface area (Å²) in [5.41, 5.74) is 0.521. The second-order valence-electron chi connectivity index (χ2n) is 3.68. The Morgan fingerprint density at radius 3 is 2.35 bits per heavy atom. The minimum Gasteiger partial charge on any atom is -0.497 e. The Bertz CT molecular complexity index is 341. The van der Waals surface area contributed by atoms with Gasteiger partial charge in [-0.25, -0.2) is 4.39 Å². The molecule has 5 heteroatoms. The Balaban J connectivity index is 2.71. The lowest BCUT2D eigenvalue weighted by Gasteiger charge is -2.20. The predicted molar refractivity (Wildman–Crippen MR) is 62.4 cm³/mol. The van der Waals surface area contributed by atoms with Gasteiger partial charge in [0.2, 0.25) is 0 Å². The number of aliphatic hydroxyl groups excluding tert-OH is 2. The van der Waals surface area contributed by atoms with Gasteiger partial charge in [0.05, 0.1) is 20.3 Å². The van der Waals surface area contributed by atoms with Crippen LogP contribution in [0.2, 0.25) is 0 Å². The molecule has 17 heavy (non-hydrogen) atoms. The molecular formula is C12H18FNO3. The molecule has 2 N–H and O–H groups in total. The van der Waals surface area contributed by atoms with Crippen molar-refractivity contribution in [2.24, 2.45) is 0 Å². The molecule has 0 amide bonds. The Labute approximate surface area is 100 Å². The zero-order valence-electron chi connectivity index (χ0n) is 9.90. The molecule has 1 aromatic rings. The van der Waals surface area contributed by atoms with E-state index in [9.17, 15) is 4.39 Å². The summed E-state index contributed by atoms with van der Waals surface area (Å²) in [6, 6.07) is 4.66. The molecule has 0 heterocycles. The van der Waals surface area contributed by atoms with Crippen LogP contribution in [-0.2, 0) is 6.54 Å². The average molecular weight is 243 g/mol. The van der Waals surface area contributed by atoms with Crippen LogP contribution in [0.15, 0.2) is 18.2 Å². The molecule has 0 aliphatic carbocycles. The average Bonchev–Trinajstić information content (AvgIpc) is 2.32. The zero-order valence-corrected chi connectivity index (χ0v) is 9.90. The highest BCUT2D eigenvalue weighted by atomic mass is 19.1. The number of hydrogen-bond donors (Lipinski definition) is 2. The Kier molecular flexibility index (Phi) is 5.90. The number of benzene rings is 1. The van der Waals surface area contributed by atoms with Crippen molar-refractivity contribution in [3.8, 4) is 5.75 Å². The molecule has 0 aliphatic rings. The van der Waals surface area contributed by atoms with Gasteiger partial charge >= 0.3 is 0 Å². The van der Waals surface area contributed by atoms with Crippen molar-refractivity contribution in [3.05, 3.63) is 29.6 Å². The second kappa shape index (κ2) is 7.21. The maximum Gasteiger partial charge on any atom is 0.131 e. The number of halogens is 1. The van der Waals surface area contributed by atoms with Gasteiger partial charge in [-0.05, 0) is 6.07 Å². The van der Waals surface area contributed by atoms with E-state index < -0.39 is 0 Å². The predicted octanol–water partition coefficient (Wildman–Crippen LogP) is 0.621. The summed E-state index contributed by atoms with van der Waals surface area (Å²) in [4.78, 5) is 1.78. The van der Waals surface area contributed by atoms with E-state index >= 15 is 0 Å². The molecule has 0 saturated heterocycles. The van der Waals surface area contributed by atoms with Crippen LogP contribution in [-0.4, -0.2) is 48.5 Å². The third kappa shape index (κ3) is 4.30. The molecule has 0 aliphatic heterocycles. The van der Waals surface area contributed by atoms with Crippen molar-refractivity contribution in [2.75, 3.05) is 33.4 Å². The van der Waals surface area contributed by atoms with E-state index in [1.807, 2.05) is 0 Å². The standard InChI is InChI=1S/C12H18FNO3/c1-17-11-3-2-10(12(13)8-11)9-14(4-6-15)5-7-16/h2-3,8,15-16H,4-7,9H2,1H3. The third-order valence-electron chi connectivity index (χ3n) is 2.49. The van der Waals surface area contributed by atoms with E-state index in [-0.39, 0.29) is 19.0 Å². The summed E-state index contributed by atoms with van der Waals surface area (Å²) in [6.45, 7) is 1.14. The first-order chi connectivity index (χ1) is 8.21. The molecule has 0 atom stereocenters. The molecule has 0 radical (unpaired) electrons. The SMILES string of the molecule is COc1ccc(CN(CCO)CCO)c(F)c1. The summed E-state index contributed by atoms with van der Waals surface area (Å²) >= 11 is 0. The van der Waals surface area contributed by atoms with Gasteiger partial charge in [-0.15, -0.1) is 0 Å². The monoisotopic (exact) mass is 243 g/mol. The van der Waals surface area contributed by atoms with E-state index in [1.165, 1.54) is 13.2 Å². The van der Waals surface area contributed by atoms with Crippen LogP contribution in [0, 0.1) is 5.82 Å². The first-order valence-electron chi connectivity index (χ1n) is 5.47. The van der Waals surface area contributed by atoms with Gasteiger partial charge in [0.15, 0.2) is 0 Å². The van der Waals surface area contributed by atoms with Crippen LogP contribution in [0.25, 0.3) is 0 Å². The normalized spacial score (nSPS) is 10.9. The summed E-state index contributed by atoms with van der Waals surface area (Å²) in [5.74, 6) is 0.132. The summed E-state index contributed by atoms with van der Waals surface area (Å²) in [6.07, 6.45) is 0. The molecule has 0 saturated carbocycles. The number of hydrogen-bond acceptors (Lipinski definition) is 4. The first-order valence-corrected chi connectivity index (χ1v) is 5.47. The van der Waals surface area contributed by atoms with Crippen molar-refractivity contribution in [3.63, 3.8) is 0 Å². The van der Waals surface area contributed by atoms with Gasteiger partial charge in [0.25, 0.3) is 0 Å². The topological polar surface area (TPSA) is 52.9 Å². The lowest BCUT2D eigenvalue weighted by Crippen LogP contribution is -2.29. The van der Waals surface area contributed by atoms with Gasteiger partial charge in [-0.1, -0.05) is 6.07 Å². The first kappa shape index (κ1) is 13.9. The lowest BCUT2D eigenvalue weighted by atomic mass is 10.2. The van der Waals surface area contributed by atoms with Crippen LogP contribution >= 0.6 is 0 Å². The molecule has 0 aromatic heterocycles. The van der Waals surface area contributed by atoms with Crippen LogP contribution in [0.4, 0.5) is 4.39 Å². The van der Waals surface area contributed by atoms with Crippen molar-refractivity contribution in [2.45, 2.75) is 6.54 Å².